The van der Waals surface area contributed by atoms with Crippen molar-refractivity contribution >= 4 is 11.0 Å². The zero-order valence-electron chi connectivity index (χ0n) is 14.9. The van der Waals surface area contributed by atoms with Crippen LogP contribution in [0.5, 0.6) is 5.75 Å². The lowest BCUT2D eigenvalue weighted by atomic mass is 10.1. The third kappa shape index (κ3) is 3.77. The van der Waals surface area contributed by atoms with Gasteiger partial charge in [0, 0.05) is 5.56 Å². The smallest absolute Gasteiger partial charge is 0.138 e. The van der Waals surface area contributed by atoms with Crippen molar-refractivity contribution in [2.45, 2.75) is 19.8 Å². The molecule has 0 radical (unpaired) electrons. The number of imidazole rings is 1. The highest BCUT2D eigenvalue weighted by atomic mass is 16.5. The monoisotopic (exact) mass is 342 g/mol. The van der Waals surface area contributed by atoms with Gasteiger partial charge >= 0.3 is 0 Å². The number of benzene rings is 3. The van der Waals surface area contributed by atoms with Crippen LogP contribution in [0.25, 0.3) is 22.4 Å². The Bertz CT molecular complexity index is 988. The van der Waals surface area contributed by atoms with Crippen LogP contribution in [-0.4, -0.2) is 16.6 Å². The average Bonchev–Trinajstić information content (AvgIpc) is 3.10. The molecule has 0 spiro atoms. The molecule has 0 aliphatic heterocycles. The summed E-state index contributed by atoms with van der Waals surface area (Å²) in [5.41, 5.74) is 5.71. The van der Waals surface area contributed by atoms with Crippen LogP contribution in [0.15, 0.2) is 72.8 Å². The van der Waals surface area contributed by atoms with Crippen molar-refractivity contribution in [1.82, 2.24) is 9.97 Å². The maximum absolute atomic E-state index is 5.86. The fourth-order valence-electron chi connectivity index (χ4n) is 3.08. The predicted octanol–water partition coefficient (Wildman–Crippen LogP) is 5.55. The second-order valence-corrected chi connectivity index (χ2v) is 6.57. The Kier molecular flexibility index (Phi) is 4.69. The molecule has 1 heterocycles. The number of H-pyrrole nitrogens is 1. The second kappa shape index (κ2) is 7.44. The lowest BCUT2D eigenvalue weighted by Crippen LogP contribution is -1.99. The van der Waals surface area contributed by atoms with E-state index in [2.05, 4.69) is 71.5 Å². The third-order valence-electron chi connectivity index (χ3n) is 4.49. The van der Waals surface area contributed by atoms with Gasteiger partial charge in [-0.1, -0.05) is 36.4 Å². The number of hydrogen-bond donors (Lipinski definition) is 1. The number of rotatable bonds is 6. The van der Waals surface area contributed by atoms with Crippen molar-refractivity contribution in [2.24, 2.45) is 0 Å². The first-order valence-corrected chi connectivity index (χ1v) is 9.01. The number of aryl methyl sites for hydroxylation is 2. The van der Waals surface area contributed by atoms with Crippen molar-refractivity contribution in [3.05, 3.63) is 83.9 Å². The minimum Gasteiger partial charge on any atom is -0.494 e. The van der Waals surface area contributed by atoms with Gasteiger partial charge in [-0.3, -0.25) is 0 Å². The first-order chi connectivity index (χ1) is 12.8. The number of aromatic nitrogens is 2. The minimum absolute atomic E-state index is 0.720. The summed E-state index contributed by atoms with van der Waals surface area (Å²) in [7, 11) is 0. The summed E-state index contributed by atoms with van der Waals surface area (Å²) in [5, 5.41) is 0. The van der Waals surface area contributed by atoms with Crippen LogP contribution in [0.1, 0.15) is 17.5 Å². The summed E-state index contributed by atoms with van der Waals surface area (Å²) in [4.78, 5) is 8.06. The summed E-state index contributed by atoms with van der Waals surface area (Å²) in [6.45, 7) is 2.81. The molecule has 0 fully saturated rings. The Morgan fingerprint density at radius 3 is 2.54 bits per heavy atom. The first-order valence-electron chi connectivity index (χ1n) is 9.01. The molecule has 3 nitrogen and oxygen atoms in total. The van der Waals surface area contributed by atoms with E-state index in [0.717, 1.165) is 47.6 Å². The molecule has 0 aliphatic rings. The van der Waals surface area contributed by atoms with Crippen LogP contribution in [0, 0.1) is 6.92 Å². The van der Waals surface area contributed by atoms with Crippen molar-refractivity contribution in [3.8, 4) is 17.1 Å². The molecule has 0 amide bonds. The molecule has 3 heteroatoms. The Balaban J connectivity index is 1.36. The predicted molar refractivity (Wildman–Crippen MR) is 107 cm³/mol. The highest BCUT2D eigenvalue weighted by Crippen LogP contribution is 2.23. The van der Waals surface area contributed by atoms with Gasteiger partial charge in [0.25, 0.3) is 0 Å². The fraction of sp³-hybridized carbons (Fsp3) is 0.174. The average molecular weight is 342 g/mol. The molecule has 0 unspecified atom stereocenters. The van der Waals surface area contributed by atoms with Gasteiger partial charge in [0.1, 0.15) is 11.6 Å². The summed E-state index contributed by atoms with van der Waals surface area (Å²) in [6, 6.07) is 24.9. The van der Waals surface area contributed by atoms with E-state index in [9.17, 15) is 0 Å². The highest BCUT2D eigenvalue weighted by molar-refractivity contribution is 5.80. The van der Waals surface area contributed by atoms with Gasteiger partial charge in [-0.15, -0.1) is 0 Å². The molecule has 4 aromatic rings. The van der Waals surface area contributed by atoms with Crippen LogP contribution in [0.4, 0.5) is 0 Å². The van der Waals surface area contributed by atoms with Crippen LogP contribution in [0.3, 0.4) is 0 Å². The van der Waals surface area contributed by atoms with E-state index >= 15 is 0 Å². The SMILES string of the molecule is Cc1ccc2nc(-c3ccc(OCCCc4ccccc4)cc3)[nH]c2c1. The normalized spacial score (nSPS) is 11.0. The van der Waals surface area contributed by atoms with Gasteiger partial charge in [0.05, 0.1) is 17.6 Å². The van der Waals surface area contributed by atoms with Crippen LogP contribution >= 0.6 is 0 Å². The van der Waals surface area contributed by atoms with E-state index in [1.165, 1.54) is 11.1 Å². The molecule has 3 aromatic carbocycles. The van der Waals surface area contributed by atoms with E-state index in [4.69, 9.17) is 4.74 Å². The Hall–Kier alpha value is -3.07. The zero-order valence-corrected chi connectivity index (χ0v) is 14.9. The quantitative estimate of drug-likeness (QED) is 0.467. The summed E-state index contributed by atoms with van der Waals surface area (Å²) < 4.78 is 5.86. The number of nitrogens with zero attached hydrogens (tertiary/aromatic N) is 1. The van der Waals surface area contributed by atoms with Crippen LogP contribution in [-0.2, 0) is 6.42 Å². The van der Waals surface area contributed by atoms with Gasteiger partial charge in [0.15, 0.2) is 0 Å². The lowest BCUT2D eigenvalue weighted by Gasteiger charge is -2.07. The summed E-state index contributed by atoms with van der Waals surface area (Å²) in [6.07, 6.45) is 2.05. The third-order valence-corrected chi connectivity index (χ3v) is 4.49. The second-order valence-electron chi connectivity index (χ2n) is 6.57. The van der Waals surface area contributed by atoms with Crippen molar-refractivity contribution in [1.29, 1.82) is 0 Å². The molecule has 4 rings (SSSR count). The van der Waals surface area contributed by atoms with E-state index in [0.29, 0.717) is 0 Å². The molecule has 0 atom stereocenters. The largest absolute Gasteiger partial charge is 0.494 e. The molecule has 0 saturated heterocycles. The highest BCUT2D eigenvalue weighted by Gasteiger charge is 2.05. The topological polar surface area (TPSA) is 37.9 Å². The van der Waals surface area contributed by atoms with E-state index in [1.807, 2.05) is 18.2 Å². The standard InChI is InChI=1S/C23H22N2O/c1-17-9-14-21-22(16-17)25-23(24-21)19-10-12-20(13-11-19)26-15-5-8-18-6-3-2-4-7-18/h2-4,6-7,9-14,16H,5,8,15H2,1H3,(H,24,25). The Labute approximate surface area is 153 Å². The van der Waals surface area contributed by atoms with Crippen LogP contribution < -0.4 is 4.74 Å². The molecule has 1 aromatic heterocycles. The van der Waals surface area contributed by atoms with Crippen molar-refractivity contribution in [3.63, 3.8) is 0 Å². The molecule has 0 bridgehead atoms. The van der Waals surface area contributed by atoms with Crippen molar-refractivity contribution in [2.75, 3.05) is 6.61 Å². The van der Waals surface area contributed by atoms with Gasteiger partial charge in [0.2, 0.25) is 0 Å². The number of nitrogens with one attached hydrogen (secondary N) is 1. The van der Waals surface area contributed by atoms with Gasteiger partial charge in [-0.25, -0.2) is 4.98 Å². The summed E-state index contributed by atoms with van der Waals surface area (Å²) in [5.74, 6) is 1.79. The number of ether oxygens (including phenoxy) is 1. The number of hydrogen-bond acceptors (Lipinski definition) is 2. The fourth-order valence-corrected chi connectivity index (χ4v) is 3.08. The van der Waals surface area contributed by atoms with E-state index in [-0.39, 0.29) is 0 Å². The molecular weight excluding hydrogens is 320 g/mol. The van der Waals surface area contributed by atoms with Gasteiger partial charge < -0.3 is 9.72 Å². The maximum atomic E-state index is 5.86. The Morgan fingerprint density at radius 1 is 0.923 bits per heavy atom. The summed E-state index contributed by atoms with van der Waals surface area (Å²) >= 11 is 0. The molecule has 0 saturated carbocycles. The zero-order chi connectivity index (χ0) is 17.8. The molecule has 130 valence electrons. The van der Waals surface area contributed by atoms with Crippen LogP contribution in [0.2, 0.25) is 0 Å². The maximum Gasteiger partial charge on any atom is 0.138 e. The minimum atomic E-state index is 0.720. The Morgan fingerprint density at radius 2 is 1.73 bits per heavy atom. The van der Waals surface area contributed by atoms with E-state index < -0.39 is 0 Å². The van der Waals surface area contributed by atoms with E-state index in [1.54, 1.807) is 0 Å². The first kappa shape index (κ1) is 16.4. The molecule has 1 N–H and O–H groups in total. The molecule has 26 heavy (non-hydrogen) atoms. The number of aromatic amines is 1. The van der Waals surface area contributed by atoms with Gasteiger partial charge in [-0.05, 0) is 67.3 Å². The van der Waals surface area contributed by atoms with Gasteiger partial charge in [-0.2, -0.15) is 0 Å². The number of fused-ring (bicyclic) bond motifs is 1. The molecular formula is C23H22N2O. The van der Waals surface area contributed by atoms with Crippen molar-refractivity contribution < 1.29 is 4.74 Å². The molecule has 0 aliphatic carbocycles. The lowest BCUT2D eigenvalue weighted by molar-refractivity contribution is 0.311.